The number of aliphatic carboxylic acids is 1. The second kappa shape index (κ2) is 2.78. The van der Waals surface area contributed by atoms with Gasteiger partial charge in [-0.15, -0.1) is 5.10 Å². The molecular weight excluding hydrogens is 213 g/mol. The molecule has 1 aliphatic rings. The van der Waals surface area contributed by atoms with Crippen LogP contribution in [0.3, 0.4) is 0 Å². The highest BCUT2D eigenvalue weighted by Crippen LogP contribution is 2.51. The fraction of sp³-hybridized carbons (Fsp3) is 0.300. The Kier molecular flexibility index (Phi) is 1.61. The fourth-order valence-corrected chi connectivity index (χ4v) is 1.85. The van der Waals surface area contributed by atoms with E-state index in [-0.39, 0.29) is 6.42 Å². The summed E-state index contributed by atoms with van der Waals surface area (Å²) in [5.74, 6) is -1.43. The van der Waals surface area contributed by atoms with E-state index in [9.17, 15) is 9.18 Å². The van der Waals surface area contributed by atoms with Crippen molar-refractivity contribution < 1.29 is 14.3 Å². The number of aromatic nitrogens is 3. The number of para-hydroxylation sites is 1. The summed E-state index contributed by atoms with van der Waals surface area (Å²) in [5, 5.41) is 16.4. The Morgan fingerprint density at radius 3 is 3.00 bits per heavy atom. The van der Waals surface area contributed by atoms with Crippen LogP contribution in [0.25, 0.3) is 11.0 Å². The van der Waals surface area contributed by atoms with Crippen molar-refractivity contribution in [1.29, 1.82) is 0 Å². The molecule has 1 fully saturated rings. The van der Waals surface area contributed by atoms with E-state index in [0.29, 0.717) is 11.0 Å². The first-order chi connectivity index (χ1) is 7.63. The molecule has 0 radical (unpaired) electrons. The molecular formula is C10H8FN3O2. The van der Waals surface area contributed by atoms with Gasteiger partial charge in [0.25, 0.3) is 0 Å². The maximum absolute atomic E-state index is 13.7. The molecule has 2 atom stereocenters. The van der Waals surface area contributed by atoms with Crippen molar-refractivity contribution in [3.05, 3.63) is 24.3 Å². The van der Waals surface area contributed by atoms with Crippen LogP contribution in [0.2, 0.25) is 0 Å². The first kappa shape index (κ1) is 9.26. The Bertz CT molecular complexity index is 582. The van der Waals surface area contributed by atoms with E-state index in [1.54, 1.807) is 24.3 Å². The van der Waals surface area contributed by atoms with Crippen LogP contribution in [0, 0.1) is 0 Å². The van der Waals surface area contributed by atoms with Crippen molar-refractivity contribution in [1.82, 2.24) is 15.0 Å². The summed E-state index contributed by atoms with van der Waals surface area (Å²) in [6.07, 6.45) is -0.0459. The van der Waals surface area contributed by atoms with Gasteiger partial charge in [0, 0.05) is 6.42 Å². The summed E-state index contributed by atoms with van der Waals surface area (Å²) < 4.78 is 15.0. The van der Waals surface area contributed by atoms with Crippen molar-refractivity contribution in [3.8, 4) is 0 Å². The summed E-state index contributed by atoms with van der Waals surface area (Å²) in [6.45, 7) is 0. The number of benzene rings is 1. The number of nitrogens with zero attached hydrogens (tertiary/aromatic N) is 3. The van der Waals surface area contributed by atoms with Crippen LogP contribution in [0.5, 0.6) is 0 Å². The molecule has 1 aliphatic carbocycles. The van der Waals surface area contributed by atoms with Gasteiger partial charge in [-0.3, -0.25) is 0 Å². The minimum Gasteiger partial charge on any atom is -0.479 e. The molecule has 1 N–H and O–H groups in total. The third-order valence-corrected chi connectivity index (χ3v) is 2.89. The Morgan fingerprint density at radius 1 is 1.56 bits per heavy atom. The van der Waals surface area contributed by atoms with E-state index in [4.69, 9.17) is 5.11 Å². The van der Waals surface area contributed by atoms with Crippen molar-refractivity contribution in [3.63, 3.8) is 0 Å². The van der Waals surface area contributed by atoms with Crippen molar-refractivity contribution in [2.45, 2.75) is 18.1 Å². The summed E-state index contributed by atoms with van der Waals surface area (Å²) in [4.78, 5) is 10.7. The number of fused-ring (bicyclic) bond motifs is 1. The van der Waals surface area contributed by atoms with Crippen LogP contribution in [0.15, 0.2) is 24.3 Å². The smallest absolute Gasteiger partial charge is 0.343 e. The molecule has 1 saturated carbocycles. The van der Waals surface area contributed by atoms with E-state index in [2.05, 4.69) is 10.3 Å². The molecule has 0 aliphatic heterocycles. The zero-order valence-electron chi connectivity index (χ0n) is 8.17. The summed E-state index contributed by atoms with van der Waals surface area (Å²) in [5.41, 5.74) is -0.883. The van der Waals surface area contributed by atoms with Gasteiger partial charge in [-0.25, -0.2) is 13.9 Å². The quantitative estimate of drug-likeness (QED) is 0.826. The number of carbonyl (C=O) groups is 1. The highest BCUT2D eigenvalue weighted by molar-refractivity contribution is 5.83. The van der Waals surface area contributed by atoms with E-state index in [0.717, 1.165) is 0 Å². The molecule has 3 rings (SSSR count). The van der Waals surface area contributed by atoms with Crippen LogP contribution in [-0.2, 0) is 4.79 Å². The Hall–Kier alpha value is -1.98. The molecule has 1 aromatic heterocycles. The number of rotatable bonds is 2. The topological polar surface area (TPSA) is 68.0 Å². The predicted octanol–water partition coefficient (Wildman–Crippen LogP) is 1.17. The van der Waals surface area contributed by atoms with Gasteiger partial charge >= 0.3 is 5.97 Å². The molecule has 0 amide bonds. The molecule has 2 unspecified atom stereocenters. The largest absolute Gasteiger partial charge is 0.479 e. The molecule has 0 spiro atoms. The molecule has 2 aromatic rings. The average Bonchev–Trinajstić information content (AvgIpc) is 2.80. The molecule has 0 saturated heterocycles. The average molecular weight is 221 g/mol. The number of carboxylic acid groups (broad SMARTS) is 1. The Morgan fingerprint density at radius 2 is 2.31 bits per heavy atom. The van der Waals surface area contributed by atoms with Gasteiger partial charge in [-0.05, 0) is 12.1 Å². The first-order valence-corrected chi connectivity index (χ1v) is 4.85. The maximum atomic E-state index is 13.7. The Balaban J connectivity index is 2.06. The number of halogens is 1. The van der Waals surface area contributed by atoms with E-state index >= 15 is 0 Å². The fourth-order valence-electron chi connectivity index (χ4n) is 1.85. The monoisotopic (exact) mass is 221 g/mol. The standard InChI is InChI=1S/C10H8FN3O2/c11-10(9(15)16)5-8(10)14-7-4-2-1-3-6(7)12-13-14/h1-4,8H,5H2,(H,15,16). The van der Waals surface area contributed by atoms with Gasteiger partial charge in [-0.2, -0.15) is 0 Å². The second-order valence-electron chi connectivity index (χ2n) is 3.91. The number of alkyl halides is 1. The minimum atomic E-state index is -2.18. The molecule has 0 bridgehead atoms. The molecule has 6 heteroatoms. The van der Waals surface area contributed by atoms with Crippen molar-refractivity contribution >= 4 is 17.0 Å². The van der Waals surface area contributed by atoms with E-state index in [1.807, 2.05) is 0 Å². The zero-order valence-corrected chi connectivity index (χ0v) is 8.17. The van der Waals surface area contributed by atoms with Gasteiger partial charge in [0.1, 0.15) is 11.6 Å². The predicted molar refractivity (Wildman–Crippen MR) is 52.7 cm³/mol. The van der Waals surface area contributed by atoms with Crippen molar-refractivity contribution in [2.75, 3.05) is 0 Å². The molecule has 16 heavy (non-hydrogen) atoms. The van der Waals surface area contributed by atoms with Crippen molar-refractivity contribution in [2.24, 2.45) is 0 Å². The molecule has 1 aromatic carbocycles. The van der Waals surface area contributed by atoms with Gasteiger partial charge in [0.05, 0.1) is 5.52 Å². The lowest BCUT2D eigenvalue weighted by molar-refractivity contribution is -0.145. The lowest BCUT2D eigenvalue weighted by atomic mass is 10.3. The first-order valence-electron chi connectivity index (χ1n) is 4.85. The number of hydrogen-bond acceptors (Lipinski definition) is 3. The van der Waals surface area contributed by atoms with Crippen LogP contribution in [0.1, 0.15) is 12.5 Å². The lowest BCUT2D eigenvalue weighted by Gasteiger charge is -2.02. The molecule has 1 heterocycles. The third kappa shape index (κ3) is 1.07. The molecule has 82 valence electrons. The van der Waals surface area contributed by atoms with E-state index in [1.165, 1.54) is 4.68 Å². The van der Waals surface area contributed by atoms with Gasteiger partial charge in [0.15, 0.2) is 0 Å². The van der Waals surface area contributed by atoms with Crippen LogP contribution < -0.4 is 0 Å². The van der Waals surface area contributed by atoms with Crippen LogP contribution in [0.4, 0.5) is 4.39 Å². The van der Waals surface area contributed by atoms with Crippen LogP contribution in [-0.4, -0.2) is 31.7 Å². The highest BCUT2D eigenvalue weighted by Gasteiger charge is 2.64. The number of hydrogen-bond donors (Lipinski definition) is 1. The minimum absolute atomic E-state index is 0.0459. The summed E-state index contributed by atoms with van der Waals surface area (Å²) in [6, 6.07) is 6.34. The SMILES string of the molecule is O=C(O)C1(F)CC1n1nnc2ccccc21. The van der Waals surface area contributed by atoms with Gasteiger partial charge in [0.2, 0.25) is 5.67 Å². The van der Waals surface area contributed by atoms with Gasteiger partial charge in [-0.1, -0.05) is 17.3 Å². The van der Waals surface area contributed by atoms with E-state index < -0.39 is 17.7 Å². The molecule has 5 nitrogen and oxygen atoms in total. The summed E-state index contributed by atoms with van der Waals surface area (Å²) in [7, 11) is 0. The third-order valence-electron chi connectivity index (χ3n) is 2.89. The second-order valence-corrected chi connectivity index (χ2v) is 3.91. The van der Waals surface area contributed by atoms with Gasteiger partial charge < -0.3 is 5.11 Å². The highest BCUT2D eigenvalue weighted by atomic mass is 19.1. The normalized spacial score (nSPS) is 28.2. The zero-order chi connectivity index (χ0) is 11.3. The Labute approximate surface area is 89.5 Å². The lowest BCUT2D eigenvalue weighted by Crippen LogP contribution is -2.20. The van der Waals surface area contributed by atoms with Crippen LogP contribution >= 0.6 is 0 Å². The summed E-state index contributed by atoms with van der Waals surface area (Å²) >= 11 is 0. The number of carboxylic acids is 1. The maximum Gasteiger partial charge on any atom is 0.343 e.